The monoisotopic (exact) mass is 407 g/mol. The quantitative estimate of drug-likeness (QED) is 0.513. The average molecular weight is 408 g/mol. The fourth-order valence-electron chi connectivity index (χ4n) is 3.30. The van der Waals surface area contributed by atoms with E-state index in [1.807, 2.05) is 66.9 Å². The number of aromatic nitrogens is 3. The number of anilines is 1. The molecule has 0 aliphatic heterocycles. The molecule has 2 aromatic carbocycles. The summed E-state index contributed by atoms with van der Waals surface area (Å²) in [4.78, 5) is 22.5. The van der Waals surface area contributed by atoms with Gasteiger partial charge in [-0.25, -0.2) is 9.97 Å². The Morgan fingerprint density at radius 3 is 2.48 bits per heavy atom. The number of nitrogens with zero attached hydrogens (tertiary/aromatic N) is 3. The summed E-state index contributed by atoms with van der Waals surface area (Å²) >= 11 is 6.36. The highest BCUT2D eigenvalue weighted by Crippen LogP contribution is 2.30. The van der Waals surface area contributed by atoms with Gasteiger partial charge in [0.15, 0.2) is 5.65 Å². The van der Waals surface area contributed by atoms with Gasteiger partial charge in [0.2, 0.25) is 0 Å². The topological polar surface area (TPSA) is 85.8 Å². The van der Waals surface area contributed by atoms with Crippen LogP contribution in [0.3, 0.4) is 0 Å². The maximum atomic E-state index is 13.0. The van der Waals surface area contributed by atoms with Gasteiger partial charge in [0, 0.05) is 11.1 Å². The second kappa shape index (κ2) is 7.72. The zero-order chi connectivity index (χ0) is 20.5. The lowest BCUT2D eigenvalue weighted by Gasteiger charge is -2.12. The van der Waals surface area contributed by atoms with Crippen molar-refractivity contribution in [3.63, 3.8) is 0 Å². The van der Waals surface area contributed by atoms with Crippen molar-refractivity contribution in [3.05, 3.63) is 64.7 Å². The fraction of sp³-hybridized carbons (Fsp3) is 0.227. The molecule has 29 heavy (non-hydrogen) atoms. The van der Waals surface area contributed by atoms with Crippen molar-refractivity contribution in [2.45, 2.75) is 32.9 Å². The molecule has 0 bridgehead atoms. The number of benzene rings is 2. The third-order valence-corrected chi connectivity index (χ3v) is 5.46. The number of para-hydroxylation sites is 2. The second-order valence-electron chi connectivity index (χ2n) is 7.11. The van der Waals surface area contributed by atoms with Crippen molar-refractivity contribution in [1.82, 2.24) is 19.9 Å². The van der Waals surface area contributed by atoms with E-state index in [2.05, 4.69) is 5.32 Å². The molecule has 0 fully saturated rings. The Bertz CT molecular complexity index is 1220. The summed E-state index contributed by atoms with van der Waals surface area (Å²) < 4.78 is 1.81. The van der Waals surface area contributed by atoms with Gasteiger partial charge in [-0.1, -0.05) is 48.9 Å². The smallest absolute Gasteiger partial charge is 0.257 e. The molecule has 4 aromatic rings. The number of amides is 1. The number of carbonyl (C=O) groups is 1. The Morgan fingerprint density at radius 1 is 1.14 bits per heavy atom. The van der Waals surface area contributed by atoms with Crippen molar-refractivity contribution in [1.29, 1.82) is 0 Å². The maximum Gasteiger partial charge on any atom is 0.257 e. The predicted molar refractivity (Wildman–Crippen MR) is 117 cm³/mol. The van der Waals surface area contributed by atoms with E-state index in [4.69, 9.17) is 27.3 Å². The van der Waals surface area contributed by atoms with E-state index in [-0.39, 0.29) is 11.9 Å². The third kappa shape index (κ3) is 3.51. The molecular formula is C22H22ClN5O. The first-order chi connectivity index (χ1) is 14.0. The molecule has 0 saturated heterocycles. The van der Waals surface area contributed by atoms with Crippen LogP contribution in [0, 0.1) is 0 Å². The Hall–Kier alpha value is -3.12. The van der Waals surface area contributed by atoms with Gasteiger partial charge in [-0.15, -0.1) is 0 Å². The third-order valence-electron chi connectivity index (χ3n) is 5.09. The fourth-order valence-corrected chi connectivity index (χ4v) is 3.49. The predicted octanol–water partition coefficient (Wildman–Crippen LogP) is 4.40. The standard InChI is InChI=1S/C22H22ClN5O/c1-3-13(2)25-22(29)18-19-21(27-17-11-7-6-10-16(17)26-19)28(20(18)24)12-14-8-4-5-9-15(14)23/h4-11,13H,3,12,24H2,1-2H3,(H,25,29)/t13-/m0/s1. The minimum absolute atomic E-state index is 0.0253. The van der Waals surface area contributed by atoms with Crippen molar-refractivity contribution < 1.29 is 4.79 Å². The van der Waals surface area contributed by atoms with Crippen molar-refractivity contribution in [3.8, 4) is 0 Å². The van der Waals surface area contributed by atoms with E-state index in [9.17, 15) is 4.79 Å². The minimum atomic E-state index is -0.246. The van der Waals surface area contributed by atoms with Gasteiger partial charge in [-0.2, -0.15) is 0 Å². The van der Waals surface area contributed by atoms with Crippen molar-refractivity contribution >= 4 is 45.5 Å². The highest BCUT2D eigenvalue weighted by molar-refractivity contribution is 6.31. The molecule has 0 radical (unpaired) electrons. The first kappa shape index (κ1) is 19.2. The highest BCUT2D eigenvalue weighted by atomic mass is 35.5. The maximum absolute atomic E-state index is 13.0. The molecule has 3 N–H and O–H groups in total. The van der Waals surface area contributed by atoms with E-state index in [1.165, 1.54) is 0 Å². The molecule has 2 aromatic heterocycles. The molecule has 1 atom stereocenters. The SMILES string of the molecule is CC[C@H](C)NC(=O)c1c(N)n(Cc2ccccc2Cl)c2nc3ccccc3nc12. The summed E-state index contributed by atoms with van der Waals surface area (Å²) in [5.41, 5.74) is 10.2. The van der Waals surface area contributed by atoms with Crippen LogP contribution in [-0.4, -0.2) is 26.5 Å². The van der Waals surface area contributed by atoms with E-state index in [0.29, 0.717) is 39.6 Å². The van der Waals surface area contributed by atoms with Crippen LogP contribution in [0.2, 0.25) is 5.02 Å². The zero-order valence-corrected chi connectivity index (χ0v) is 17.1. The van der Waals surface area contributed by atoms with E-state index >= 15 is 0 Å². The largest absolute Gasteiger partial charge is 0.384 e. The molecule has 6 nitrogen and oxygen atoms in total. The Morgan fingerprint density at radius 2 is 1.79 bits per heavy atom. The molecule has 0 aliphatic rings. The molecule has 1 amide bonds. The van der Waals surface area contributed by atoms with Gasteiger partial charge >= 0.3 is 0 Å². The van der Waals surface area contributed by atoms with Crippen molar-refractivity contribution in [2.75, 3.05) is 5.73 Å². The lowest BCUT2D eigenvalue weighted by molar-refractivity contribution is 0.0941. The number of rotatable bonds is 5. The second-order valence-corrected chi connectivity index (χ2v) is 7.51. The molecule has 4 rings (SSSR count). The molecule has 2 heterocycles. The molecule has 7 heteroatoms. The van der Waals surface area contributed by atoms with Gasteiger partial charge in [0.05, 0.1) is 17.6 Å². The van der Waals surface area contributed by atoms with Crippen LogP contribution in [-0.2, 0) is 6.54 Å². The summed E-state index contributed by atoms with van der Waals surface area (Å²) in [5, 5.41) is 3.62. The summed E-state index contributed by atoms with van der Waals surface area (Å²) in [5.74, 6) is 0.0837. The lowest BCUT2D eigenvalue weighted by atomic mass is 10.2. The van der Waals surface area contributed by atoms with Crippen LogP contribution in [0.4, 0.5) is 5.82 Å². The Labute approximate surface area is 173 Å². The van der Waals surface area contributed by atoms with Gasteiger partial charge < -0.3 is 15.6 Å². The van der Waals surface area contributed by atoms with Crippen LogP contribution >= 0.6 is 11.6 Å². The number of hydrogen-bond acceptors (Lipinski definition) is 4. The van der Waals surface area contributed by atoms with Crippen LogP contribution in [0.5, 0.6) is 0 Å². The number of hydrogen-bond donors (Lipinski definition) is 2. The van der Waals surface area contributed by atoms with Crippen LogP contribution < -0.4 is 11.1 Å². The minimum Gasteiger partial charge on any atom is -0.384 e. The first-order valence-corrected chi connectivity index (χ1v) is 9.96. The molecular weight excluding hydrogens is 386 g/mol. The summed E-state index contributed by atoms with van der Waals surface area (Å²) in [6.07, 6.45) is 0.818. The zero-order valence-electron chi connectivity index (χ0n) is 16.3. The van der Waals surface area contributed by atoms with E-state index in [0.717, 1.165) is 17.5 Å². The average Bonchev–Trinajstić information content (AvgIpc) is 2.98. The number of nitrogen functional groups attached to an aromatic ring is 1. The Balaban J connectivity index is 1.94. The lowest BCUT2D eigenvalue weighted by Crippen LogP contribution is -2.32. The van der Waals surface area contributed by atoms with Crippen LogP contribution in [0.1, 0.15) is 36.2 Å². The molecule has 0 spiro atoms. The number of carbonyl (C=O) groups excluding carboxylic acids is 1. The first-order valence-electron chi connectivity index (χ1n) is 9.58. The van der Waals surface area contributed by atoms with Gasteiger partial charge in [0.25, 0.3) is 5.91 Å². The number of halogens is 1. The normalized spacial score (nSPS) is 12.4. The van der Waals surface area contributed by atoms with Gasteiger partial charge in [-0.05, 0) is 37.1 Å². The van der Waals surface area contributed by atoms with Crippen LogP contribution in [0.25, 0.3) is 22.2 Å². The summed E-state index contributed by atoms with van der Waals surface area (Å²) in [7, 11) is 0. The molecule has 0 aliphatic carbocycles. The molecule has 148 valence electrons. The van der Waals surface area contributed by atoms with E-state index in [1.54, 1.807) is 0 Å². The van der Waals surface area contributed by atoms with Gasteiger partial charge in [0.1, 0.15) is 16.9 Å². The number of nitrogens with one attached hydrogen (secondary N) is 1. The summed E-state index contributed by atoms with van der Waals surface area (Å²) in [6.45, 7) is 4.37. The van der Waals surface area contributed by atoms with Crippen LogP contribution in [0.15, 0.2) is 48.5 Å². The van der Waals surface area contributed by atoms with Gasteiger partial charge in [-0.3, -0.25) is 4.79 Å². The molecule has 0 saturated carbocycles. The number of nitrogens with two attached hydrogens (primary N) is 1. The highest BCUT2D eigenvalue weighted by Gasteiger charge is 2.25. The molecule has 0 unspecified atom stereocenters. The van der Waals surface area contributed by atoms with E-state index < -0.39 is 0 Å². The number of fused-ring (bicyclic) bond motifs is 2. The Kier molecular flexibility index (Phi) is 5.11. The van der Waals surface area contributed by atoms with Crippen molar-refractivity contribution in [2.24, 2.45) is 0 Å². The summed E-state index contributed by atoms with van der Waals surface area (Å²) in [6, 6.07) is 15.1.